The highest BCUT2D eigenvalue weighted by Crippen LogP contribution is 2.23. The molecule has 0 saturated heterocycles. The molecule has 0 aromatic heterocycles. The Morgan fingerprint density at radius 2 is 1.80 bits per heavy atom. The van der Waals surface area contributed by atoms with Gasteiger partial charge in [-0.05, 0) is 56.4 Å². The minimum atomic E-state index is -1.03. The van der Waals surface area contributed by atoms with E-state index in [4.69, 9.17) is 5.73 Å². The number of carbonyl (C=O) groups excluding carboxylic acids is 2. The molecule has 7 nitrogen and oxygen atoms in total. The number of hydrogen-bond donors (Lipinski definition) is 3. The highest BCUT2D eigenvalue weighted by atomic mass is 19.1. The van der Waals surface area contributed by atoms with Crippen LogP contribution in [0, 0.1) is 17.6 Å². The van der Waals surface area contributed by atoms with Gasteiger partial charge in [0.1, 0.15) is 22.9 Å². The third kappa shape index (κ3) is 6.03. The van der Waals surface area contributed by atoms with Crippen LogP contribution in [0.25, 0.3) is 0 Å². The van der Waals surface area contributed by atoms with E-state index < -0.39 is 29.0 Å². The smallest absolute Gasteiger partial charge is 0.271 e. The standard InChI is InChI=1S/C21H27F2N5O2/c1-25-11-10-17(28-20(29)18-15(22)4-3-5-16(18)23)19(26-2)21(30)27-14-8-6-13(12-24)7-9-14/h3-5,10-11,13-14H,6-9,12,24H2,1-2H3,(H,27,30)(H,28,29)/b17-10+,25-11?,26-19?. The van der Waals surface area contributed by atoms with Gasteiger partial charge in [0.25, 0.3) is 11.8 Å². The fourth-order valence-electron chi connectivity index (χ4n) is 3.37. The van der Waals surface area contributed by atoms with Crippen molar-refractivity contribution in [3.8, 4) is 0 Å². The molecule has 162 valence electrons. The number of nitrogens with two attached hydrogens (primary N) is 1. The molecule has 0 heterocycles. The summed E-state index contributed by atoms with van der Waals surface area (Å²) >= 11 is 0. The van der Waals surface area contributed by atoms with Gasteiger partial charge in [-0.3, -0.25) is 19.6 Å². The Hall–Kier alpha value is -2.94. The first-order chi connectivity index (χ1) is 14.4. The summed E-state index contributed by atoms with van der Waals surface area (Å²) in [5.41, 5.74) is 4.88. The maximum absolute atomic E-state index is 13.9. The van der Waals surface area contributed by atoms with Gasteiger partial charge in [-0.25, -0.2) is 8.78 Å². The lowest BCUT2D eigenvalue weighted by Crippen LogP contribution is -2.44. The van der Waals surface area contributed by atoms with E-state index in [0.29, 0.717) is 12.5 Å². The van der Waals surface area contributed by atoms with E-state index >= 15 is 0 Å². The number of nitrogens with zero attached hydrogens (tertiary/aromatic N) is 2. The molecule has 1 aliphatic rings. The number of halogens is 2. The number of benzene rings is 1. The highest BCUT2D eigenvalue weighted by Gasteiger charge is 2.26. The third-order valence-electron chi connectivity index (χ3n) is 5.04. The van der Waals surface area contributed by atoms with Crippen molar-refractivity contribution in [2.75, 3.05) is 20.6 Å². The average molecular weight is 419 g/mol. The van der Waals surface area contributed by atoms with E-state index in [1.165, 1.54) is 26.4 Å². The van der Waals surface area contributed by atoms with Gasteiger partial charge in [0, 0.05) is 26.4 Å². The number of allylic oxidation sites excluding steroid dienone is 1. The first-order valence-electron chi connectivity index (χ1n) is 9.77. The van der Waals surface area contributed by atoms with Gasteiger partial charge in [-0.1, -0.05) is 6.07 Å². The van der Waals surface area contributed by atoms with E-state index in [-0.39, 0.29) is 17.5 Å². The van der Waals surface area contributed by atoms with Gasteiger partial charge in [-0.2, -0.15) is 0 Å². The molecule has 2 amide bonds. The van der Waals surface area contributed by atoms with E-state index in [1.54, 1.807) is 0 Å². The summed E-state index contributed by atoms with van der Waals surface area (Å²) in [5.74, 6) is -3.07. The summed E-state index contributed by atoms with van der Waals surface area (Å²) in [5, 5.41) is 5.29. The zero-order chi connectivity index (χ0) is 22.1. The highest BCUT2D eigenvalue weighted by molar-refractivity contribution is 6.46. The van der Waals surface area contributed by atoms with Gasteiger partial charge in [0.15, 0.2) is 0 Å². The summed E-state index contributed by atoms with van der Waals surface area (Å²) < 4.78 is 27.9. The summed E-state index contributed by atoms with van der Waals surface area (Å²) in [4.78, 5) is 33.1. The molecule has 2 rings (SSSR count). The van der Waals surface area contributed by atoms with E-state index in [1.807, 2.05) is 0 Å². The molecular weight excluding hydrogens is 392 g/mol. The van der Waals surface area contributed by atoms with Gasteiger partial charge in [0.2, 0.25) is 0 Å². The summed E-state index contributed by atoms with van der Waals surface area (Å²) in [6, 6.07) is 3.09. The molecule has 0 atom stereocenters. The van der Waals surface area contributed by atoms with Crippen molar-refractivity contribution in [1.29, 1.82) is 0 Å². The number of nitrogens with one attached hydrogen (secondary N) is 2. The quantitative estimate of drug-likeness (QED) is 0.588. The molecular formula is C21H27F2N5O2. The molecule has 1 saturated carbocycles. The second-order valence-electron chi connectivity index (χ2n) is 7.04. The Kier molecular flexibility index (Phi) is 8.79. The van der Waals surface area contributed by atoms with Crippen LogP contribution < -0.4 is 16.4 Å². The third-order valence-corrected chi connectivity index (χ3v) is 5.04. The van der Waals surface area contributed by atoms with E-state index in [0.717, 1.165) is 43.9 Å². The largest absolute Gasteiger partial charge is 0.348 e. The number of hydrogen-bond acceptors (Lipinski definition) is 5. The zero-order valence-corrected chi connectivity index (χ0v) is 17.1. The number of rotatable bonds is 7. The molecule has 1 aromatic rings. The first-order valence-corrected chi connectivity index (χ1v) is 9.77. The Labute approximate surface area is 174 Å². The van der Waals surface area contributed by atoms with Gasteiger partial charge in [0.05, 0.1) is 5.70 Å². The fraction of sp³-hybridized carbons (Fsp3) is 0.429. The van der Waals surface area contributed by atoms with E-state index in [9.17, 15) is 18.4 Å². The van der Waals surface area contributed by atoms with Crippen molar-refractivity contribution in [3.63, 3.8) is 0 Å². The number of aliphatic imine (C=N–C) groups is 2. The lowest BCUT2D eigenvalue weighted by Gasteiger charge is -2.28. The molecule has 0 unspecified atom stereocenters. The van der Waals surface area contributed by atoms with Crippen LogP contribution in [-0.4, -0.2) is 50.4 Å². The van der Waals surface area contributed by atoms with Crippen molar-refractivity contribution in [2.45, 2.75) is 31.7 Å². The Morgan fingerprint density at radius 3 is 2.33 bits per heavy atom. The SMILES string of the molecule is CN=C/C=C(/NC(=O)c1c(F)cccc1F)C(=NC)C(=O)NC1CCC(CN)CC1. The van der Waals surface area contributed by atoms with Crippen LogP contribution >= 0.6 is 0 Å². The van der Waals surface area contributed by atoms with Gasteiger partial charge < -0.3 is 16.4 Å². The maximum atomic E-state index is 13.9. The van der Waals surface area contributed by atoms with Crippen molar-refractivity contribution in [3.05, 3.63) is 47.2 Å². The van der Waals surface area contributed by atoms with Gasteiger partial charge >= 0.3 is 0 Å². The summed E-state index contributed by atoms with van der Waals surface area (Å²) in [7, 11) is 2.90. The Balaban J connectivity index is 2.18. The molecule has 0 radical (unpaired) electrons. The van der Waals surface area contributed by atoms with Crippen molar-refractivity contribution in [1.82, 2.24) is 10.6 Å². The minimum absolute atomic E-state index is 0.0103. The Morgan fingerprint density at radius 1 is 1.17 bits per heavy atom. The van der Waals surface area contributed by atoms with Crippen LogP contribution in [-0.2, 0) is 4.79 Å². The van der Waals surface area contributed by atoms with Crippen LogP contribution in [0.3, 0.4) is 0 Å². The normalized spacial score (nSPS) is 20.3. The number of carbonyl (C=O) groups is 2. The molecule has 1 fully saturated rings. The van der Waals surface area contributed by atoms with Crippen molar-refractivity contribution in [2.24, 2.45) is 21.6 Å². The average Bonchev–Trinajstić information content (AvgIpc) is 2.72. The molecule has 1 aromatic carbocycles. The van der Waals surface area contributed by atoms with Crippen molar-refractivity contribution < 1.29 is 18.4 Å². The molecule has 4 N–H and O–H groups in total. The Bertz CT molecular complexity index is 839. The van der Waals surface area contributed by atoms with Crippen LogP contribution in [0.2, 0.25) is 0 Å². The lowest BCUT2D eigenvalue weighted by molar-refractivity contribution is -0.115. The van der Waals surface area contributed by atoms with Crippen LogP contribution in [0.15, 0.2) is 40.0 Å². The van der Waals surface area contributed by atoms with Crippen LogP contribution in [0.1, 0.15) is 36.0 Å². The van der Waals surface area contributed by atoms with Gasteiger partial charge in [-0.15, -0.1) is 0 Å². The first kappa shape index (κ1) is 23.3. The molecule has 0 spiro atoms. The predicted molar refractivity (Wildman–Crippen MR) is 113 cm³/mol. The molecule has 0 bridgehead atoms. The topological polar surface area (TPSA) is 109 Å². The number of amides is 2. The minimum Gasteiger partial charge on any atom is -0.348 e. The van der Waals surface area contributed by atoms with Crippen LogP contribution in [0.4, 0.5) is 8.78 Å². The molecule has 0 aliphatic heterocycles. The molecule has 9 heteroatoms. The van der Waals surface area contributed by atoms with Crippen molar-refractivity contribution >= 4 is 23.7 Å². The second-order valence-corrected chi connectivity index (χ2v) is 7.04. The van der Waals surface area contributed by atoms with Crippen LogP contribution in [0.5, 0.6) is 0 Å². The molecule has 1 aliphatic carbocycles. The fourth-order valence-corrected chi connectivity index (χ4v) is 3.37. The lowest BCUT2D eigenvalue weighted by atomic mass is 9.86. The zero-order valence-electron chi connectivity index (χ0n) is 17.1. The van der Waals surface area contributed by atoms with E-state index in [2.05, 4.69) is 20.6 Å². The second kappa shape index (κ2) is 11.3. The maximum Gasteiger partial charge on any atom is 0.271 e. The predicted octanol–water partition coefficient (Wildman–Crippen LogP) is 1.98. The summed E-state index contributed by atoms with van der Waals surface area (Å²) in [6.45, 7) is 0.629. The summed E-state index contributed by atoms with van der Waals surface area (Å²) in [6.07, 6.45) is 6.14. The monoisotopic (exact) mass is 419 g/mol. The molecule has 30 heavy (non-hydrogen) atoms.